The zero-order chi connectivity index (χ0) is 14.3. The zero-order valence-corrected chi connectivity index (χ0v) is 15.5. The minimum Gasteiger partial charge on any atom is -0.343 e. The second-order valence-electron chi connectivity index (χ2n) is 4.32. The maximum Gasteiger partial charge on any atom is 0.222 e. The van der Waals surface area contributed by atoms with Crippen LogP contribution in [0.5, 0.6) is 0 Å². The highest BCUT2D eigenvalue weighted by Gasteiger charge is 2.17. The molecule has 1 saturated heterocycles. The fraction of sp³-hybridized carbons (Fsp3) is 0.500. The minimum atomic E-state index is 0.259. The van der Waals surface area contributed by atoms with Gasteiger partial charge in [-0.3, -0.25) is 4.79 Å². The van der Waals surface area contributed by atoms with Crippen LogP contribution >= 0.6 is 50.1 Å². The average molecular weight is 459 g/mol. The molecule has 19 heavy (non-hydrogen) atoms. The Balaban J connectivity index is 0.000000861. The van der Waals surface area contributed by atoms with Gasteiger partial charge in [-0.2, -0.15) is 0 Å². The van der Waals surface area contributed by atoms with Crippen LogP contribution in [0.2, 0.25) is 5.02 Å². The van der Waals surface area contributed by atoms with E-state index in [2.05, 4.69) is 38.5 Å². The Morgan fingerprint density at radius 1 is 1.37 bits per heavy atom. The molecule has 1 amide bonds. The van der Waals surface area contributed by atoms with Crippen molar-refractivity contribution in [3.05, 3.63) is 33.3 Å². The van der Waals surface area contributed by atoms with Gasteiger partial charge in [0.1, 0.15) is 0 Å². The third-order valence-corrected chi connectivity index (χ3v) is 4.08. The molecule has 0 atom stereocenters. The van der Waals surface area contributed by atoms with Crippen LogP contribution in [0.15, 0.2) is 22.7 Å². The second-order valence-corrected chi connectivity index (χ2v) is 5.61. The van der Waals surface area contributed by atoms with Gasteiger partial charge in [0.05, 0.1) is 0 Å². The first-order chi connectivity index (χ1) is 9.16. The van der Waals surface area contributed by atoms with Crippen LogP contribution < -0.4 is 0 Å². The first-order valence-corrected chi connectivity index (χ1v) is 9.59. The van der Waals surface area contributed by atoms with Crippen LogP contribution in [0.4, 0.5) is 0 Å². The number of carbonyl (C=O) groups excluding carboxylic acids is 1. The predicted molar refractivity (Wildman–Crippen MR) is 93.2 cm³/mol. The van der Waals surface area contributed by atoms with Crippen molar-refractivity contribution in [1.82, 2.24) is 4.90 Å². The van der Waals surface area contributed by atoms with Gasteiger partial charge < -0.3 is 4.90 Å². The molecule has 1 aromatic carbocycles. The third-order valence-electron chi connectivity index (χ3n) is 3.07. The number of hydrogen-bond donors (Lipinski definition) is 0. The van der Waals surface area contributed by atoms with Crippen LogP contribution in [0, 0.1) is 0 Å². The number of aryl methyl sites for hydroxylation is 1. The first-order valence-electron chi connectivity index (χ1n) is 6.26. The molecule has 2 rings (SSSR count). The summed E-state index contributed by atoms with van der Waals surface area (Å²) in [6.07, 6.45) is 3.61. The van der Waals surface area contributed by atoms with Crippen LogP contribution in [0.3, 0.4) is 0 Å². The molecule has 0 bridgehead atoms. The second kappa shape index (κ2) is 9.19. The van der Waals surface area contributed by atoms with Gasteiger partial charge in [0, 0.05) is 29.0 Å². The molecule has 2 nitrogen and oxygen atoms in total. The number of benzene rings is 1. The fourth-order valence-electron chi connectivity index (χ4n) is 2.10. The van der Waals surface area contributed by atoms with Crippen molar-refractivity contribution in [3.63, 3.8) is 0 Å². The molecule has 1 aliphatic rings. The van der Waals surface area contributed by atoms with Crippen molar-refractivity contribution < 1.29 is 4.79 Å². The molecule has 0 aromatic heterocycles. The molecule has 0 unspecified atom stereocenters. The Labute approximate surface area is 142 Å². The smallest absolute Gasteiger partial charge is 0.222 e. The normalized spacial score (nSPS) is 14.0. The minimum absolute atomic E-state index is 0.259. The van der Waals surface area contributed by atoms with Crippen LogP contribution in [0.25, 0.3) is 0 Å². The van der Waals surface area contributed by atoms with Crippen LogP contribution in [0.1, 0.15) is 24.8 Å². The van der Waals surface area contributed by atoms with Crippen molar-refractivity contribution in [2.45, 2.75) is 25.7 Å². The number of nitrogens with zero attached hydrogens (tertiary/aromatic N) is 1. The molecule has 0 N–H and O–H groups in total. The first kappa shape index (κ1) is 17.2. The number of amides is 1. The molecule has 1 heterocycles. The highest BCUT2D eigenvalue weighted by atomic mass is 127. The summed E-state index contributed by atoms with van der Waals surface area (Å²) in [7, 11) is 0. The monoisotopic (exact) mass is 457 g/mol. The topological polar surface area (TPSA) is 20.3 Å². The maximum absolute atomic E-state index is 11.9. The third kappa shape index (κ3) is 5.60. The predicted octanol–water partition coefficient (Wildman–Crippen LogP) is 4.71. The Morgan fingerprint density at radius 2 is 2.00 bits per heavy atom. The van der Waals surface area contributed by atoms with E-state index in [1.807, 2.05) is 28.0 Å². The van der Waals surface area contributed by atoms with E-state index in [4.69, 9.17) is 11.6 Å². The van der Waals surface area contributed by atoms with E-state index in [1.54, 1.807) is 0 Å². The summed E-state index contributed by atoms with van der Waals surface area (Å²) in [5.74, 6) is 0.259. The van der Waals surface area contributed by atoms with Gasteiger partial charge in [0.25, 0.3) is 0 Å². The molecule has 106 valence electrons. The summed E-state index contributed by atoms with van der Waals surface area (Å²) in [6.45, 7) is 1.85. The van der Waals surface area contributed by atoms with E-state index < -0.39 is 0 Å². The van der Waals surface area contributed by atoms with E-state index in [9.17, 15) is 4.79 Å². The highest BCUT2D eigenvalue weighted by molar-refractivity contribution is 14.1. The number of rotatable bonds is 3. The summed E-state index contributed by atoms with van der Waals surface area (Å²) >= 11 is 11.6. The SMILES string of the molecule is CI.O=C(CCc1cc(Cl)ccc1Br)N1CCCC1. The van der Waals surface area contributed by atoms with Gasteiger partial charge in [-0.15, -0.1) is 0 Å². The molecule has 0 saturated carbocycles. The summed E-state index contributed by atoms with van der Waals surface area (Å²) in [6, 6.07) is 5.69. The largest absolute Gasteiger partial charge is 0.343 e. The van der Waals surface area contributed by atoms with Crippen LogP contribution in [-0.4, -0.2) is 28.8 Å². The number of alkyl halides is 1. The summed E-state index contributed by atoms with van der Waals surface area (Å²) in [4.78, 5) is 15.8. The number of likely N-dealkylation sites (tertiary alicyclic amines) is 1. The number of hydrogen-bond acceptors (Lipinski definition) is 1. The Morgan fingerprint density at radius 3 is 2.63 bits per heavy atom. The van der Waals surface area contributed by atoms with Gasteiger partial charge in [0.15, 0.2) is 0 Å². The molecule has 5 heteroatoms. The van der Waals surface area contributed by atoms with Gasteiger partial charge in [-0.1, -0.05) is 50.1 Å². The van der Waals surface area contributed by atoms with Gasteiger partial charge >= 0.3 is 0 Å². The molecule has 1 aromatic rings. The van der Waals surface area contributed by atoms with E-state index in [0.29, 0.717) is 6.42 Å². The molecular weight excluding hydrogens is 440 g/mol. The molecule has 0 aliphatic carbocycles. The zero-order valence-electron chi connectivity index (χ0n) is 11.0. The molecular formula is C14H18BrClINO. The molecule has 0 spiro atoms. The van der Waals surface area contributed by atoms with E-state index in [1.165, 1.54) is 0 Å². The van der Waals surface area contributed by atoms with Crippen molar-refractivity contribution in [2.75, 3.05) is 18.0 Å². The van der Waals surface area contributed by atoms with Gasteiger partial charge in [-0.25, -0.2) is 0 Å². The quantitative estimate of drug-likeness (QED) is 0.475. The van der Waals surface area contributed by atoms with Crippen molar-refractivity contribution in [2.24, 2.45) is 0 Å². The summed E-state index contributed by atoms with van der Waals surface area (Å²) in [5, 5.41) is 0.719. The Bertz CT molecular complexity index is 422. The lowest BCUT2D eigenvalue weighted by Gasteiger charge is -2.15. The van der Waals surface area contributed by atoms with Crippen molar-refractivity contribution >= 4 is 56.0 Å². The molecule has 1 aliphatic heterocycles. The average Bonchev–Trinajstić information content (AvgIpc) is 2.96. The lowest BCUT2D eigenvalue weighted by molar-refractivity contribution is -0.130. The standard InChI is InChI=1S/C13H15BrClNO.CH3I/c14-12-5-4-11(15)9-10(12)3-6-13(17)16-7-1-2-8-16;1-2/h4-5,9H,1-3,6-8H2;1H3. The number of halogens is 3. The van der Waals surface area contributed by atoms with E-state index in [0.717, 1.165) is 47.4 Å². The number of carbonyl (C=O) groups is 1. The lowest BCUT2D eigenvalue weighted by atomic mass is 10.1. The van der Waals surface area contributed by atoms with Gasteiger partial charge in [-0.05, 0) is 48.0 Å². The Kier molecular flexibility index (Phi) is 8.34. The molecule has 1 fully saturated rings. The van der Waals surface area contributed by atoms with E-state index >= 15 is 0 Å². The highest BCUT2D eigenvalue weighted by Crippen LogP contribution is 2.23. The van der Waals surface area contributed by atoms with E-state index in [-0.39, 0.29) is 5.91 Å². The van der Waals surface area contributed by atoms with Crippen molar-refractivity contribution in [3.8, 4) is 0 Å². The van der Waals surface area contributed by atoms with Gasteiger partial charge in [0.2, 0.25) is 5.91 Å². The van der Waals surface area contributed by atoms with Crippen LogP contribution in [-0.2, 0) is 11.2 Å². The van der Waals surface area contributed by atoms with Crippen molar-refractivity contribution in [1.29, 1.82) is 0 Å². The summed E-state index contributed by atoms with van der Waals surface area (Å²) < 4.78 is 1.02. The Hall–Kier alpha value is 0.190. The fourth-order valence-corrected chi connectivity index (χ4v) is 2.74. The maximum atomic E-state index is 11.9. The summed E-state index contributed by atoms with van der Waals surface area (Å²) in [5.41, 5.74) is 1.10. The lowest BCUT2D eigenvalue weighted by Crippen LogP contribution is -2.27. The molecule has 0 radical (unpaired) electrons.